The van der Waals surface area contributed by atoms with Gasteiger partial charge in [0.05, 0.1) is 16.9 Å². The van der Waals surface area contributed by atoms with Crippen LogP contribution in [0, 0.1) is 5.82 Å². The van der Waals surface area contributed by atoms with Crippen molar-refractivity contribution in [3.8, 4) is 0 Å². The topological polar surface area (TPSA) is 85.6 Å². The molecule has 1 aromatic carbocycles. The first-order valence-electron chi connectivity index (χ1n) is 10.0. The molecule has 0 atom stereocenters. The third-order valence-corrected chi connectivity index (χ3v) is 6.30. The number of halogens is 4. The summed E-state index contributed by atoms with van der Waals surface area (Å²) in [4.78, 5) is 12.2. The van der Waals surface area contributed by atoms with Gasteiger partial charge in [0, 0.05) is 6.07 Å². The maximum atomic E-state index is 14.6. The average molecular weight is 455 g/mol. The van der Waals surface area contributed by atoms with Crippen LogP contribution in [0.15, 0.2) is 28.8 Å². The normalized spacial score (nSPS) is 20.8. The summed E-state index contributed by atoms with van der Waals surface area (Å²) in [5.74, 6) is -1.01. The second-order valence-corrected chi connectivity index (χ2v) is 9.06. The van der Waals surface area contributed by atoms with Crippen LogP contribution in [-0.2, 0) is 14.7 Å². The molecule has 1 saturated heterocycles. The van der Waals surface area contributed by atoms with Gasteiger partial charge in [-0.1, -0.05) is 11.2 Å². The zero-order valence-corrected chi connectivity index (χ0v) is 17.9. The molecular formula is C20H22BF4N3O4. The molecule has 0 radical (unpaired) electrons. The minimum absolute atomic E-state index is 0.0883. The Labute approximate surface area is 181 Å². The van der Waals surface area contributed by atoms with Crippen LogP contribution in [0.2, 0.25) is 0 Å². The van der Waals surface area contributed by atoms with Crippen molar-refractivity contribution < 1.29 is 36.2 Å². The van der Waals surface area contributed by atoms with E-state index in [0.717, 1.165) is 6.07 Å². The molecular weight excluding hydrogens is 433 g/mol. The predicted molar refractivity (Wildman–Crippen MR) is 108 cm³/mol. The van der Waals surface area contributed by atoms with Gasteiger partial charge in [0.25, 0.3) is 0 Å². The number of hydrogen-bond donors (Lipinski definition) is 2. The fraction of sp³-hybridized carbons (Fsp3) is 0.500. The Morgan fingerprint density at radius 3 is 2.22 bits per heavy atom. The molecule has 2 fully saturated rings. The van der Waals surface area contributed by atoms with E-state index in [9.17, 15) is 22.4 Å². The molecule has 1 aliphatic carbocycles. The average Bonchev–Trinajstić information content (AvgIpc) is 3.31. The zero-order chi connectivity index (χ0) is 23.5. The minimum Gasteiger partial charge on any atom is -0.399 e. The Morgan fingerprint density at radius 1 is 1.06 bits per heavy atom. The van der Waals surface area contributed by atoms with E-state index in [2.05, 4.69) is 15.8 Å². The van der Waals surface area contributed by atoms with Crippen molar-refractivity contribution in [3.63, 3.8) is 0 Å². The quantitative estimate of drug-likeness (QED) is 0.529. The molecule has 4 rings (SSSR count). The number of anilines is 2. The number of rotatable bonds is 4. The van der Waals surface area contributed by atoms with Gasteiger partial charge in [0.15, 0.2) is 0 Å². The standard InChI is InChI=1S/C20H22BF4N3O4/c1-17(2)18(3,4)32-21(31-17)11-5-6-13(12(22)9-11)26-16(29)27-15-10-14(28-30-15)19(7-8-19)20(23,24)25/h5-6,9-10H,7-8H2,1-4H3,(H2,26,27,29). The van der Waals surface area contributed by atoms with Crippen LogP contribution in [0.3, 0.4) is 0 Å². The van der Waals surface area contributed by atoms with Gasteiger partial charge in [-0.05, 0) is 58.1 Å². The van der Waals surface area contributed by atoms with Crippen molar-refractivity contribution >= 4 is 30.2 Å². The highest BCUT2D eigenvalue weighted by Gasteiger charge is 2.66. The molecule has 1 aromatic heterocycles. The number of carbonyl (C=O) groups excluding carboxylic acids is 1. The van der Waals surface area contributed by atoms with Gasteiger partial charge in [-0.25, -0.2) is 9.18 Å². The number of alkyl halides is 3. The number of urea groups is 1. The molecule has 0 unspecified atom stereocenters. The fourth-order valence-electron chi connectivity index (χ4n) is 3.39. The summed E-state index contributed by atoms with van der Waals surface area (Å²) < 4.78 is 70.6. The number of nitrogens with zero attached hydrogens (tertiary/aromatic N) is 1. The van der Waals surface area contributed by atoms with Crippen LogP contribution in [0.1, 0.15) is 46.2 Å². The molecule has 12 heteroatoms. The van der Waals surface area contributed by atoms with E-state index in [1.165, 1.54) is 12.1 Å². The van der Waals surface area contributed by atoms with E-state index in [1.54, 1.807) is 6.07 Å². The Morgan fingerprint density at radius 2 is 1.69 bits per heavy atom. The van der Waals surface area contributed by atoms with Gasteiger partial charge < -0.3 is 19.1 Å². The van der Waals surface area contributed by atoms with Gasteiger partial charge in [-0.3, -0.25) is 5.32 Å². The van der Waals surface area contributed by atoms with E-state index in [0.29, 0.717) is 5.46 Å². The molecule has 172 valence electrons. The largest absolute Gasteiger partial charge is 0.494 e. The Hall–Kier alpha value is -2.60. The van der Waals surface area contributed by atoms with Crippen molar-refractivity contribution in [1.29, 1.82) is 0 Å². The first-order valence-corrected chi connectivity index (χ1v) is 10.0. The maximum Gasteiger partial charge on any atom is 0.494 e. The van der Waals surface area contributed by atoms with Gasteiger partial charge in [0.1, 0.15) is 16.9 Å². The monoisotopic (exact) mass is 455 g/mol. The van der Waals surface area contributed by atoms with Crippen LogP contribution in [0.5, 0.6) is 0 Å². The van der Waals surface area contributed by atoms with Crippen LogP contribution in [0.25, 0.3) is 0 Å². The van der Waals surface area contributed by atoms with E-state index in [1.807, 2.05) is 27.7 Å². The van der Waals surface area contributed by atoms with Crippen LogP contribution in [-0.4, -0.2) is 35.7 Å². The fourth-order valence-corrected chi connectivity index (χ4v) is 3.39. The number of hydrogen-bond acceptors (Lipinski definition) is 5. The molecule has 7 nitrogen and oxygen atoms in total. The van der Waals surface area contributed by atoms with Crippen LogP contribution >= 0.6 is 0 Å². The van der Waals surface area contributed by atoms with Gasteiger partial charge in [-0.2, -0.15) is 13.2 Å². The third kappa shape index (κ3) is 3.85. The lowest BCUT2D eigenvalue weighted by Gasteiger charge is -2.32. The number of amides is 2. The summed E-state index contributed by atoms with van der Waals surface area (Å²) in [6.45, 7) is 7.49. The van der Waals surface area contributed by atoms with E-state index >= 15 is 0 Å². The lowest BCUT2D eigenvalue weighted by molar-refractivity contribution is -0.161. The second kappa shape index (κ2) is 7.21. The van der Waals surface area contributed by atoms with Crippen molar-refractivity contribution in [1.82, 2.24) is 5.16 Å². The van der Waals surface area contributed by atoms with Crippen molar-refractivity contribution in [2.45, 2.75) is 63.3 Å². The van der Waals surface area contributed by atoms with Crippen molar-refractivity contribution in [2.24, 2.45) is 0 Å². The highest BCUT2D eigenvalue weighted by molar-refractivity contribution is 6.62. The lowest BCUT2D eigenvalue weighted by Crippen LogP contribution is -2.41. The summed E-state index contributed by atoms with van der Waals surface area (Å²) in [6, 6.07) is 4.20. The second-order valence-electron chi connectivity index (χ2n) is 9.06. The van der Waals surface area contributed by atoms with Gasteiger partial charge in [-0.15, -0.1) is 0 Å². The van der Waals surface area contributed by atoms with E-state index in [-0.39, 0.29) is 30.1 Å². The number of nitrogens with one attached hydrogen (secondary N) is 2. The molecule has 2 aliphatic rings. The summed E-state index contributed by atoms with van der Waals surface area (Å²) >= 11 is 0. The van der Waals surface area contributed by atoms with Crippen molar-refractivity contribution in [2.75, 3.05) is 10.6 Å². The van der Waals surface area contributed by atoms with Gasteiger partial charge in [0.2, 0.25) is 5.88 Å². The number of aromatic nitrogens is 1. The van der Waals surface area contributed by atoms with Crippen LogP contribution in [0.4, 0.5) is 33.9 Å². The first kappa shape index (κ1) is 22.6. The SMILES string of the molecule is CC1(C)OB(c2ccc(NC(=O)Nc3cc(C4(C(F)(F)F)CC4)no3)c(F)c2)OC1(C)C. The predicted octanol–water partition coefficient (Wildman–Crippen LogP) is 4.35. The molecule has 0 bridgehead atoms. The Balaban J connectivity index is 1.41. The molecule has 0 spiro atoms. The molecule has 1 aliphatic heterocycles. The van der Waals surface area contributed by atoms with Gasteiger partial charge >= 0.3 is 19.3 Å². The molecule has 2 heterocycles. The molecule has 2 amide bonds. The Bertz CT molecular complexity index is 1030. The lowest BCUT2D eigenvalue weighted by atomic mass is 9.79. The summed E-state index contributed by atoms with van der Waals surface area (Å²) in [5, 5.41) is 7.94. The molecule has 1 saturated carbocycles. The molecule has 2 N–H and O–H groups in total. The van der Waals surface area contributed by atoms with Crippen LogP contribution < -0.4 is 16.1 Å². The summed E-state index contributed by atoms with van der Waals surface area (Å²) in [7, 11) is -0.770. The smallest absolute Gasteiger partial charge is 0.399 e. The zero-order valence-electron chi connectivity index (χ0n) is 17.9. The third-order valence-electron chi connectivity index (χ3n) is 6.30. The minimum atomic E-state index is -4.45. The number of carbonyl (C=O) groups is 1. The van der Waals surface area contributed by atoms with E-state index in [4.69, 9.17) is 13.8 Å². The first-order chi connectivity index (χ1) is 14.7. The summed E-state index contributed by atoms with van der Waals surface area (Å²) in [6.07, 6.45) is -4.63. The summed E-state index contributed by atoms with van der Waals surface area (Å²) in [5.41, 5.74) is -3.20. The highest BCUT2D eigenvalue weighted by atomic mass is 19.4. The van der Waals surface area contributed by atoms with Crippen molar-refractivity contribution in [3.05, 3.63) is 35.8 Å². The molecule has 32 heavy (non-hydrogen) atoms. The maximum absolute atomic E-state index is 14.6. The highest BCUT2D eigenvalue weighted by Crippen LogP contribution is 2.58. The molecule has 2 aromatic rings. The van der Waals surface area contributed by atoms with E-state index < -0.39 is 41.8 Å². The Kier molecular flexibility index (Phi) is 5.09. The number of benzene rings is 1.